The van der Waals surface area contributed by atoms with Gasteiger partial charge in [-0.2, -0.15) is 0 Å². The number of aromatic nitrogens is 3. The molecule has 1 aromatic carbocycles. The molecule has 1 fully saturated rings. The van der Waals surface area contributed by atoms with Gasteiger partial charge in [0, 0.05) is 44.1 Å². The summed E-state index contributed by atoms with van der Waals surface area (Å²) in [7, 11) is 1.89. The van der Waals surface area contributed by atoms with Crippen LogP contribution in [0, 0.1) is 6.92 Å². The van der Waals surface area contributed by atoms with Crippen LogP contribution in [0.4, 0.5) is 5.69 Å². The highest BCUT2D eigenvalue weighted by molar-refractivity contribution is 6.08. The van der Waals surface area contributed by atoms with Crippen LogP contribution in [-0.4, -0.2) is 37.8 Å². The van der Waals surface area contributed by atoms with Gasteiger partial charge in [-0.1, -0.05) is 18.2 Å². The molecule has 1 spiro atoms. The summed E-state index contributed by atoms with van der Waals surface area (Å²) < 4.78 is 1.89. The molecule has 7 nitrogen and oxygen atoms in total. The van der Waals surface area contributed by atoms with Crippen LogP contribution in [0.2, 0.25) is 0 Å². The monoisotopic (exact) mass is 387 g/mol. The molecule has 0 radical (unpaired) electrons. The van der Waals surface area contributed by atoms with E-state index in [0.29, 0.717) is 24.4 Å². The Labute approximate surface area is 168 Å². The van der Waals surface area contributed by atoms with Crippen molar-refractivity contribution < 1.29 is 9.59 Å². The quantitative estimate of drug-likeness (QED) is 0.733. The summed E-state index contributed by atoms with van der Waals surface area (Å²) in [5.74, 6) is 0.492. The lowest BCUT2D eigenvalue weighted by molar-refractivity contribution is -0.121. The topological polar surface area (TPSA) is 80.1 Å². The van der Waals surface area contributed by atoms with Gasteiger partial charge in [-0.05, 0) is 36.6 Å². The predicted molar refractivity (Wildman–Crippen MR) is 107 cm³/mol. The first-order chi connectivity index (χ1) is 14.0. The molecule has 2 aliphatic rings. The standard InChI is InChI=1S/C22H21N5O2/c1-14-7-9-23-13-15(14)20(28)27-11-8-22(18(27)19-24-10-12-26(19)2)16-5-3-4-6-17(16)25-21(22)29/h3-7,9-10,12-13,18H,8,11H2,1-2H3,(H,25,29)/t18-,22+/m0/s1. The van der Waals surface area contributed by atoms with E-state index in [1.165, 1.54) is 0 Å². The Balaban J connectivity index is 1.69. The number of aryl methyl sites for hydroxylation is 2. The number of benzene rings is 1. The smallest absolute Gasteiger partial charge is 0.256 e. The van der Waals surface area contributed by atoms with Gasteiger partial charge in [-0.25, -0.2) is 4.98 Å². The maximum absolute atomic E-state index is 13.6. The van der Waals surface area contributed by atoms with Crippen LogP contribution in [-0.2, 0) is 17.3 Å². The van der Waals surface area contributed by atoms with Gasteiger partial charge in [0.2, 0.25) is 5.91 Å². The number of pyridine rings is 1. The first kappa shape index (κ1) is 17.6. The first-order valence-electron chi connectivity index (χ1n) is 9.64. The van der Waals surface area contributed by atoms with E-state index < -0.39 is 11.5 Å². The van der Waals surface area contributed by atoms with E-state index in [-0.39, 0.29) is 11.8 Å². The van der Waals surface area contributed by atoms with Crippen LogP contribution in [0.15, 0.2) is 55.1 Å². The number of hydrogen-bond donors (Lipinski definition) is 1. The second-order valence-electron chi connectivity index (χ2n) is 7.71. The van der Waals surface area contributed by atoms with Crippen molar-refractivity contribution in [3.63, 3.8) is 0 Å². The molecule has 0 aliphatic carbocycles. The maximum atomic E-state index is 13.6. The molecule has 0 saturated carbocycles. The summed E-state index contributed by atoms with van der Waals surface area (Å²) in [4.78, 5) is 37.4. The second kappa shape index (κ2) is 6.27. The number of imidazole rings is 1. The number of rotatable bonds is 2. The second-order valence-corrected chi connectivity index (χ2v) is 7.71. The van der Waals surface area contributed by atoms with Crippen molar-refractivity contribution in [1.82, 2.24) is 19.4 Å². The molecule has 2 atom stereocenters. The predicted octanol–water partition coefficient (Wildman–Crippen LogP) is 2.60. The number of nitrogens with zero attached hydrogens (tertiary/aromatic N) is 4. The minimum Gasteiger partial charge on any atom is -0.336 e. The number of anilines is 1. The summed E-state index contributed by atoms with van der Waals surface area (Å²) in [6.07, 6.45) is 7.36. The lowest BCUT2D eigenvalue weighted by Crippen LogP contribution is -2.44. The van der Waals surface area contributed by atoms with Crippen molar-refractivity contribution in [3.8, 4) is 0 Å². The Kier molecular flexibility index (Phi) is 3.81. The Bertz CT molecular complexity index is 1140. The average Bonchev–Trinajstić information content (AvgIpc) is 3.39. The number of fused-ring (bicyclic) bond motifs is 2. The average molecular weight is 387 g/mol. The summed E-state index contributed by atoms with van der Waals surface area (Å²) in [6, 6.07) is 9.06. The molecule has 0 unspecified atom stereocenters. The largest absolute Gasteiger partial charge is 0.336 e. The SMILES string of the molecule is Cc1ccncc1C(=O)N1CC[C@]2(C(=O)Nc3ccccc32)[C@@H]1c1nccn1C. The Morgan fingerprint density at radius 2 is 2.07 bits per heavy atom. The Morgan fingerprint density at radius 1 is 1.24 bits per heavy atom. The van der Waals surface area contributed by atoms with Gasteiger partial charge >= 0.3 is 0 Å². The van der Waals surface area contributed by atoms with Crippen molar-refractivity contribution in [1.29, 1.82) is 0 Å². The van der Waals surface area contributed by atoms with Crippen LogP contribution in [0.3, 0.4) is 0 Å². The fourth-order valence-corrected chi connectivity index (χ4v) is 4.75. The molecule has 2 aliphatic heterocycles. The van der Waals surface area contributed by atoms with Gasteiger partial charge in [-0.3, -0.25) is 14.6 Å². The van der Waals surface area contributed by atoms with Crippen LogP contribution in [0.25, 0.3) is 0 Å². The Hall–Kier alpha value is -3.48. The summed E-state index contributed by atoms with van der Waals surface area (Å²) in [5, 5.41) is 3.03. The highest BCUT2D eigenvalue weighted by Gasteiger charge is 2.60. The van der Waals surface area contributed by atoms with Gasteiger partial charge in [0.1, 0.15) is 17.3 Å². The lowest BCUT2D eigenvalue weighted by Gasteiger charge is -2.33. The van der Waals surface area contributed by atoms with E-state index >= 15 is 0 Å². The highest BCUT2D eigenvalue weighted by atomic mass is 16.2. The van der Waals surface area contributed by atoms with Gasteiger partial charge < -0.3 is 14.8 Å². The zero-order chi connectivity index (χ0) is 20.2. The van der Waals surface area contributed by atoms with E-state index in [2.05, 4.69) is 15.3 Å². The minimum absolute atomic E-state index is 0.0788. The molecule has 2 amide bonds. The zero-order valence-electron chi connectivity index (χ0n) is 16.3. The molecule has 1 N–H and O–H groups in total. The fraction of sp³-hybridized carbons (Fsp3) is 0.273. The zero-order valence-corrected chi connectivity index (χ0v) is 16.3. The minimum atomic E-state index is -0.860. The molecular weight excluding hydrogens is 366 g/mol. The van der Waals surface area contributed by atoms with Crippen molar-refractivity contribution in [2.45, 2.75) is 24.8 Å². The summed E-state index contributed by atoms with van der Waals surface area (Å²) in [6.45, 7) is 2.36. The molecule has 1 saturated heterocycles. The van der Waals surface area contributed by atoms with Crippen LogP contribution in [0.5, 0.6) is 0 Å². The number of para-hydroxylation sites is 1. The number of nitrogens with one attached hydrogen (secondary N) is 1. The number of carbonyl (C=O) groups is 2. The molecule has 2 aromatic heterocycles. The number of likely N-dealkylation sites (tertiary alicyclic amines) is 1. The highest BCUT2D eigenvalue weighted by Crippen LogP contribution is 2.54. The number of hydrogen-bond acceptors (Lipinski definition) is 4. The summed E-state index contributed by atoms with van der Waals surface area (Å²) >= 11 is 0. The molecule has 3 aromatic rings. The van der Waals surface area contributed by atoms with E-state index in [0.717, 1.165) is 16.8 Å². The van der Waals surface area contributed by atoms with Gasteiger partial charge in [0.25, 0.3) is 5.91 Å². The van der Waals surface area contributed by atoms with Crippen molar-refractivity contribution in [3.05, 3.63) is 77.6 Å². The third-order valence-corrected chi connectivity index (χ3v) is 6.22. The third-order valence-electron chi connectivity index (χ3n) is 6.22. The first-order valence-corrected chi connectivity index (χ1v) is 9.64. The Morgan fingerprint density at radius 3 is 2.83 bits per heavy atom. The molecule has 0 bridgehead atoms. The van der Waals surface area contributed by atoms with Crippen LogP contribution >= 0.6 is 0 Å². The van der Waals surface area contributed by atoms with E-state index in [1.54, 1.807) is 23.5 Å². The van der Waals surface area contributed by atoms with Gasteiger partial charge in [-0.15, -0.1) is 0 Å². The van der Waals surface area contributed by atoms with E-state index in [4.69, 9.17) is 0 Å². The van der Waals surface area contributed by atoms with Crippen molar-refractivity contribution >= 4 is 17.5 Å². The van der Waals surface area contributed by atoms with Crippen molar-refractivity contribution in [2.75, 3.05) is 11.9 Å². The fourth-order valence-electron chi connectivity index (χ4n) is 4.75. The lowest BCUT2D eigenvalue weighted by atomic mass is 9.74. The van der Waals surface area contributed by atoms with Crippen LogP contribution in [0.1, 0.15) is 39.8 Å². The molecule has 29 heavy (non-hydrogen) atoms. The number of carbonyl (C=O) groups excluding carboxylic acids is 2. The van der Waals surface area contributed by atoms with Crippen molar-refractivity contribution in [2.24, 2.45) is 7.05 Å². The molecule has 7 heteroatoms. The molecule has 4 heterocycles. The molecular formula is C22H21N5O2. The number of amides is 2. The maximum Gasteiger partial charge on any atom is 0.256 e. The van der Waals surface area contributed by atoms with E-state index in [1.807, 2.05) is 55.1 Å². The molecule has 5 rings (SSSR count). The van der Waals surface area contributed by atoms with Gasteiger partial charge in [0.15, 0.2) is 0 Å². The van der Waals surface area contributed by atoms with E-state index in [9.17, 15) is 9.59 Å². The normalized spacial score (nSPS) is 22.8. The summed E-state index contributed by atoms with van der Waals surface area (Å²) in [5.41, 5.74) is 2.29. The third kappa shape index (κ3) is 2.36. The van der Waals surface area contributed by atoms with Gasteiger partial charge in [0.05, 0.1) is 5.56 Å². The molecule has 146 valence electrons. The van der Waals surface area contributed by atoms with Crippen LogP contribution < -0.4 is 5.32 Å².